The highest BCUT2D eigenvalue weighted by atomic mass is 35.5. The number of carbonyl (C=O) groups excluding carboxylic acids is 1. The number of halogens is 1. The average molecular weight is 413 g/mol. The molecule has 1 amide bonds. The van der Waals surface area contributed by atoms with Gasteiger partial charge in [0.15, 0.2) is 5.58 Å². The van der Waals surface area contributed by atoms with E-state index in [1.54, 1.807) is 7.11 Å². The third-order valence-corrected chi connectivity index (χ3v) is 6.20. The molecule has 5 nitrogen and oxygen atoms in total. The van der Waals surface area contributed by atoms with Gasteiger partial charge in [0.25, 0.3) is 0 Å². The molecule has 2 heterocycles. The number of fused-ring (bicyclic) bond motifs is 1. The van der Waals surface area contributed by atoms with Crippen LogP contribution in [0.3, 0.4) is 0 Å². The summed E-state index contributed by atoms with van der Waals surface area (Å²) in [6.45, 7) is 4.46. The van der Waals surface area contributed by atoms with E-state index in [0.717, 1.165) is 40.8 Å². The van der Waals surface area contributed by atoms with Crippen molar-refractivity contribution >= 4 is 28.6 Å². The molecule has 2 aromatic carbocycles. The van der Waals surface area contributed by atoms with Gasteiger partial charge in [0.1, 0.15) is 17.3 Å². The first kappa shape index (κ1) is 19.8. The normalized spacial score (nSPS) is 17.1. The van der Waals surface area contributed by atoms with Crippen LogP contribution < -0.4 is 4.74 Å². The number of para-hydroxylation sites is 1. The maximum Gasteiger partial charge on any atom is 0.230 e. The highest BCUT2D eigenvalue weighted by molar-refractivity contribution is 6.19. The number of rotatable bonds is 5. The fourth-order valence-electron chi connectivity index (χ4n) is 3.85. The number of methoxy groups -OCH3 is 1. The van der Waals surface area contributed by atoms with Crippen LogP contribution >= 0.6 is 11.6 Å². The van der Waals surface area contributed by atoms with Crippen LogP contribution in [-0.2, 0) is 4.79 Å². The molecule has 1 saturated heterocycles. The number of aromatic nitrogens is 1. The topological polar surface area (TPSA) is 55.6 Å². The molecule has 0 spiro atoms. The zero-order valence-electron chi connectivity index (χ0n) is 16.9. The minimum Gasteiger partial charge on any atom is -0.496 e. The molecule has 6 heteroatoms. The van der Waals surface area contributed by atoms with Crippen LogP contribution in [0.15, 0.2) is 46.9 Å². The SMILES string of the molecule is COc1ccccc1-c1ccc2oc(C3CCCN3C(=O)C(C)(C)CCl)nc2c1. The summed E-state index contributed by atoms with van der Waals surface area (Å²) in [5.41, 5.74) is 2.90. The Morgan fingerprint density at radius 3 is 2.86 bits per heavy atom. The molecule has 4 rings (SSSR count). The Bertz CT molecular complexity index is 1040. The van der Waals surface area contributed by atoms with Crippen LogP contribution in [-0.4, -0.2) is 35.3 Å². The number of alkyl halides is 1. The minimum absolute atomic E-state index is 0.0481. The first-order valence-electron chi connectivity index (χ1n) is 9.85. The van der Waals surface area contributed by atoms with Crippen molar-refractivity contribution < 1.29 is 13.9 Å². The molecule has 29 heavy (non-hydrogen) atoms. The van der Waals surface area contributed by atoms with Gasteiger partial charge in [0.2, 0.25) is 11.8 Å². The maximum atomic E-state index is 13.0. The molecule has 1 aromatic heterocycles. The molecule has 0 radical (unpaired) electrons. The van der Waals surface area contributed by atoms with Crippen LogP contribution in [0.2, 0.25) is 0 Å². The van der Waals surface area contributed by atoms with Crippen molar-refractivity contribution in [3.8, 4) is 16.9 Å². The number of carbonyl (C=O) groups is 1. The summed E-state index contributed by atoms with van der Waals surface area (Å²) in [5, 5.41) is 0. The number of nitrogens with zero attached hydrogens (tertiary/aromatic N) is 2. The van der Waals surface area contributed by atoms with E-state index in [0.29, 0.717) is 12.4 Å². The monoisotopic (exact) mass is 412 g/mol. The number of hydrogen-bond acceptors (Lipinski definition) is 4. The summed E-state index contributed by atoms with van der Waals surface area (Å²) in [6, 6.07) is 13.7. The Morgan fingerprint density at radius 2 is 2.10 bits per heavy atom. The molecule has 0 saturated carbocycles. The van der Waals surface area contributed by atoms with E-state index >= 15 is 0 Å². The second-order valence-electron chi connectivity index (χ2n) is 8.11. The Balaban J connectivity index is 1.68. The Morgan fingerprint density at radius 1 is 1.31 bits per heavy atom. The van der Waals surface area contributed by atoms with Crippen molar-refractivity contribution in [3.05, 3.63) is 48.4 Å². The molecule has 3 aromatic rings. The Kier molecular flexibility index (Phi) is 5.26. The standard InChI is InChI=1S/C23H25ClN2O3/c1-23(2,14-24)22(27)26-12-6-8-18(26)21-25-17-13-15(10-11-20(17)29-21)16-7-4-5-9-19(16)28-3/h4-5,7,9-11,13,18H,6,8,12,14H2,1-3H3. The molecular formula is C23H25ClN2O3. The van der Waals surface area contributed by atoms with E-state index in [1.807, 2.05) is 61.2 Å². The minimum atomic E-state index is -0.604. The largest absolute Gasteiger partial charge is 0.496 e. The van der Waals surface area contributed by atoms with Gasteiger partial charge in [-0.15, -0.1) is 11.6 Å². The van der Waals surface area contributed by atoms with E-state index < -0.39 is 5.41 Å². The molecule has 1 unspecified atom stereocenters. The van der Waals surface area contributed by atoms with E-state index in [2.05, 4.69) is 0 Å². The van der Waals surface area contributed by atoms with Gasteiger partial charge in [-0.05, 0) is 50.5 Å². The zero-order chi connectivity index (χ0) is 20.6. The van der Waals surface area contributed by atoms with Crippen molar-refractivity contribution in [3.63, 3.8) is 0 Å². The van der Waals surface area contributed by atoms with Gasteiger partial charge in [-0.25, -0.2) is 4.98 Å². The lowest BCUT2D eigenvalue weighted by Crippen LogP contribution is -2.41. The van der Waals surface area contributed by atoms with Gasteiger partial charge in [-0.3, -0.25) is 4.79 Å². The summed E-state index contributed by atoms with van der Waals surface area (Å²) in [5.74, 6) is 1.73. The van der Waals surface area contributed by atoms with Gasteiger partial charge < -0.3 is 14.1 Å². The van der Waals surface area contributed by atoms with Crippen molar-refractivity contribution in [1.82, 2.24) is 9.88 Å². The van der Waals surface area contributed by atoms with Crippen molar-refractivity contribution in [2.45, 2.75) is 32.7 Å². The molecular weight excluding hydrogens is 388 g/mol. The molecule has 1 fully saturated rings. The molecule has 1 aliphatic heterocycles. The fourth-order valence-corrected chi connectivity index (χ4v) is 3.97. The number of oxazole rings is 1. The first-order chi connectivity index (χ1) is 13.9. The molecule has 152 valence electrons. The van der Waals surface area contributed by atoms with Gasteiger partial charge in [-0.1, -0.05) is 24.3 Å². The van der Waals surface area contributed by atoms with E-state index in [4.69, 9.17) is 25.7 Å². The zero-order valence-corrected chi connectivity index (χ0v) is 17.7. The maximum absolute atomic E-state index is 13.0. The quantitative estimate of drug-likeness (QED) is 0.524. The molecule has 1 aliphatic rings. The van der Waals surface area contributed by atoms with E-state index in [1.165, 1.54) is 0 Å². The van der Waals surface area contributed by atoms with Crippen LogP contribution in [0.1, 0.15) is 38.6 Å². The molecule has 0 N–H and O–H groups in total. The van der Waals surface area contributed by atoms with Gasteiger partial charge >= 0.3 is 0 Å². The Hall–Kier alpha value is -2.53. The highest BCUT2D eigenvalue weighted by Gasteiger charge is 2.39. The highest BCUT2D eigenvalue weighted by Crippen LogP contribution is 2.38. The smallest absolute Gasteiger partial charge is 0.230 e. The molecule has 1 atom stereocenters. The van der Waals surface area contributed by atoms with Crippen molar-refractivity contribution in [2.24, 2.45) is 5.41 Å². The van der Waals surface area contributed by atoms with Crippen molar-refractivity contribution in [2.75, 3.05) is 19.5 Å². The van der Waals surface area contributed by atoms with E-state index in [9.17, 15) is 4.79 Å². The number of ether oxygens (including phenoxy) is 1. The lowest BCUT2D eigenvalue weighted by atomic mass is 9.94. The van der Waals surface area contributed by atoms with Crippen LogP contribution in [0.4, 0.5) is 0 Å². The third kappa shape index (κ3) is 3.60. The lowest BCUT2D eigenvalue weighted by molar-refractivity contribution is -0.140. The predicted octanol–water partition coefficient (Wildman–Crippen LogP) is 5.43. The summed E-state index contributed by atoms with van der Waals surface area (Å²) in [4.78, 5) is 19.6. The summed E-state index contributed by atoms with van der Waals surface area (Å²) in [6.07, 6.45) is 1.77. The Labute approximate surface area is 175 Å². The van der Waals surface area contributed by atoms with Crippen LogP contribution in [0, 0.1) is 5.41 Å². The number of likely N-dealkylation sites (tertiary alicyclic amines) is 1. The second-order valence-corrected chi connectivity index (χ2v) is 8.38. The third-order valence-electron chi connectivity index (χ3n) is 5.53. The van der Waals surface area contributed by atoms with Gasteiger partial charge in [-0.2, -0.15) is 0 Å². The second kappa shape index (κ2) is 7.71. The number of amides is 1. The van der Waals surface area contributed by atoms with Gasteiger partial charge in [0, 0.05) is 18.0 Å². The van der Waals surface area contributed by atoms with Gasteiger partial charge in [0.05, 0.1) is 12.5 Å². The molecule has 0 bridgehead atoms. The predicted molar refractivity (Wildman–Crippen MR) is 114 cm³/mol. The van der Waals surface area contributed by atoms with E-state index in [-0.39, 0.29) is 17.8 Å². The lowest BCUT2D eigenvalue weighted by Gasteiger charge is -2.30. The number of benzene rings is 2. The van der Waals surface area contributed by atoms with Crippen LogP contribution in [0.5, 0.6) is 5.75 Å². The number of hydrogen-bond donors (Lipinski definition) is 0. The first-order valence-corrected chi connectivity index (χ1v) is 10.4. The summed E-state index contributed by atoms with van der Waals surface area (Å²) >= 11 is 6.03. The van der Waals surface area contributed by atoms with Crippen molar-refractivity contribution in [1.29, 1.82) is 0 Å². The summed E-state index contributed by atoms with van der Waals surface area (Å²) in [7, 11) is 1.67. The fraction of sp³-hybridized carbons (Fsp3) is 0.391. The summed E-state index contributed by atoms with van der Waals surface area (Å²) < 4.78 is 11.5. The molecule has 0 aliphatic carbocycles. The van der Waals surface area contributed by atoms with Crippen LogP contribution in [0.25, 0.3) is 22.2 Å². The average Bonchev–Trinajstić information content (AvgIpc) is 3.39.